The number of pyridine rings is 1. The second-order valence-electron chi connectivity index (χ2n) is 6.76. The number of aromatic hydroxyl groups is 1. The van der Waals surface area contributed by atoms with Crippen molar-refractivity contribution >= 4 is 17.4 Å². The third kappa shape index (κ3) is 3.96. The van der Waals surface area contributed by atoms with Gasteiger partial charge >= 0.3 is 0 Å². The summed E-state index contributed by atoms with van der Waals surface area (Å²) in [4.78, 5) is 4.62. The summed E-state index contributed by atoms with van der Waals surface area (Å²) in [5, 5.41) is 13.8. The van der Waals surface area contributed by atoms with E-state index in [2.05, 4.69) is 10.3 Å². The van der Waals surface area contributed by atoms with Crippen molar-refractivity contribution in [2.75, 3.05) is 18.5 Å². The number of phenolic OH excluding ortho intramolecular Hbond substituents is 1. The molecule has 1 atom stereocenters. The van der Waals surface area contributed by atoms with E-state index >= 15 is 0 Å². The fourth-order valence-electron chi connectivity index (χ4n) is 3.39. The van der Waals surface area contributed by atoms with Crippen LogP contribution in [0.3, 0.4) is 0 Å². The molecule has 6 heteroatoms. The number of phenols is 1. The van der Waals surface area contributed by atoms with Gasteiger partial charge in [-0.25, -0.2) is 9.37 Å². The number of halogens is 2. The molecule has 1 fully saturated rings. The molecule has 1 aliphatic rings. The number of nitrogens with zero attached hydrogens (tertiary/aromatic N) is 1. The number of para-hydroxylation sites is 1. The van der Waals surface area contributed by atoms with E-state index in [0.29, 0.717) is 39.8 Å². The van der Waals surface area contributed by atoms with Gasteiger partial charge in [0, 0.05) is 24.3 Å². The van der Waals surface area contributed by atoms with Crippen molar-refractivity contribution in [3.63, 3.8) is 0 Å². The Balaban J connectivity index is 1.77. The van der Waals surface area contributed by atoms with Crippen LogP contribution in [0.15, 0.2) is 54.6 Å². The lowest BCUT2D eigenvalue weighted by Gasteiger charge is -2.15. The van der Waals surface area contributed by atoms with Crippen LogP contribution < -0.4 is 5.32 Å². The van der Waals surface area contributed by atoms with E-state index in [1.54, 1.807) is 42.5 Å². The second kappa shape index (κ2) is 8.17. The van der Waals surface area contributed by atoms with Crippen LogP contribution in [0.25, 0.3) is 22.4 Å². The highest BCUT2D eigenvalue weighted by Gasteiger charge is 2.17. The molecule has 0 amide bonds. The van der Waals surface area contributed by atoms with Crippen LogP contribution in [0.2, 0.25) is 5.02 Å². The minimum Gasteiger partial charge on any atom is -0.507 e. The van der Waals surface area contributed by atoms with Crippen LogP contribution in [0, 0.1) is 5.82 Å². The lowest BCUT2D eigenvalue weighted by atomic mass is 10.0. The highest BCUT2D eigenvalue weighted by atomic mass is 35.5. The van der Waals surface area contributed by atoms with Gasteiger partial charge in [-0.15, -0.1) is 0 Å². The molecule has 0 bridgehead atoms. The summed E-state index contributed by atoms with van der Waals surface area (Å²) >= 11 is 6.28. The lowest BCUT2D eigenvalue weighted by Crippen LogP contribution is -2.19. The van der Waals surface area contributed by atoms with E-state index in [0.717, 1.165) is 19.4 Å². The molecule has 0 radical (unpaired) electrons. The van der Waals surface area contributed by atoms with E-state index in [1.807, 2.05) is 6.07 Å². The van der Waals surface area contributed by atoms with Gasteiger partial charge in [0.15, 0.2) is 0 Å². The maximum Gasteiger partial charge on any atom is 0.132 e. The normalized spacial score (nSPS) is 16.3. The number of rotatable bonds is 5. The van der Waals surface area contributed by atoms with Crippen molar-refractivity contribution in [2.24, 2.45) is 0 Å². The van der Waals surface area contributed by atoms with Gasteiger partial charge in [-0.3, -0.25) is 0 Å². The van der Waals surface area contributed by atoms with E-state index in [-0.39, 0.29) is 11.9 Å². The Hall–Kier alpha value is -2.63. The van der Waals surface area contributed by atoms with E-state index in [4.69, 9.17) is 16.3 Å². The average molecular weight is 399 g/mol. The average Bonchev–Trinajstić information content (AvgIpc) is 3.20. The van der Waals surface area contributed by atoms with Crippen LogP contribution in [0.5, 0.6) is 5.75 Å². The summed E-state index contributed by atoms with van der Waals surface area (Å²) in [6.45, 7) is 1.38. The van der Waals surface area contributed by atoms with Gasteiger partial charge in [0.1, 0.15) is 17.4 Å². The van der Waals surface area contributed by atoms with E-state index in [1.165, 1.54) is 6.07 Å². The number of anilines is 1. The molecule has 144 valence electrons. The Morgan fingerprint density at radius 2 is 2.04 bits per heavy atom. The first kappa shape index (κ1) is 18.7. The number of aromatic nitrogens is 1. The Morgan fingerprint density at radius 3 is 2.79 bits per heavy atom. The smallest absolute Gasteiger partial charge is 0.132 e. The van der Waals surface area contributed by atoms with Crippen molar-refractivity contribution in [1.29, 1.82) is 0 Å². The molecule has 0 aliphatic carbocycles. The molecular formula is C22H20ClFN2O2. The zero-order valence-corrected chi connectivity index (χ0v) is 15.9. The van der Waals surface area contributed by atoms with Crippen molar-refractivity contribution < 1.29 is 14.2 Å². The number of ether oxygens (including phenoxy) is 1. The third-order valence-electron chi connectivity index (χ3n) is 4.79. The molecule has 1 aromatic heterocycles. The van der Waals surface area contributed by atoms with Gasteiger partial charge < -0.3 is 15.2 Å². The Bertz CT molecular complexity index is 970. The summed E-state index contributed by atoms with van der Waals surface area (Å²) in [5.41, 5.74) is 2.00. The quantitative estimate of drug-likeness (QED) is 0.595. The summed E-state index contributed by atoms with van der Waals surface area (Å²) < 4.78 is 20.2. The molecule has 1 unspecified atom stereocenters. The van der Waals surface area contributed by atoms with Gasteiger partial charge in [-0.1, -0.05) is 29.8 Å². The van der Waals surface area contributed by atoms with Gasteiger partial charge in [0.05, 0.1) is 16.8 Å². The molecule has 4 nitrogen and oxygen atoms in total. The topological polar surface area (TPSA) is 54.4 Å². The lowest BCUT2D eigenvalue weighted by molar-refractivity contribution is 0.120. The number of nitrogens with one attached hydrogen (secondary N) is 1. The molecule has 2 N–H and O–H groups in total. The standard InChI is InChI=1S/C22H20ClFN2O2/c23-17-7-3-8-18(24)22(17)14-11-19(16-6-1-2-9-20(16)27)26-21(12-14)25-13-15-5-4-10-28-15/h1-3,6-9,11-12,15,27H,4-5,10,13H2,(H,25,26). The fourth-order valence-corrected chi connectivity index (χ4v) is 3.66. The SMILES string of the molecule is Oc1ccccc1-c1cc(-c2c(F)cccc2Cl)cc(NCC2CCCO2)n1. The zero-order chi connectivity index (χ0) is 19.5. The second-order valence-corrected chi connectivity index (χ2v) is 7.16. The van der Waals surface area contributed by atoms with Crippen molar-refractivity contribution in [2.45, 2.75) is 18.9 Å². The predicted molar refractivity (Wildman–Crippen MR) is 109 cm³/mol. The van der Waals surface area contributed by atoms with Crippen LogP contribution in [0.1, 0.15) is 12.8 Å². The van der Waals surface area contributed by atoms with Crippen LogP contribution in [-0.2, 0) is 4.74 Å². The number of hydrogen-bond donors (Lipinski definition) is 2. The molecule has 28 heavy (non-hydrogen) atoms. The minimum absolute atomic E-state index is 0.108. The molecule has 4 rings (SSSR count). The summed E-state index contributed by atoms with van der Waals surface area (Å²) in [6, 6.07) is 15.0. The molecule has 1 aliphatic heterocycles. The van der Waals surface area contributed by atoms with Gasteiger partial charge in [0.2, 0.25) is 0 Å². The Kier molecular flexibility index (Phi) is 5.46. The largest absolute Gasteiger partial charge is 0.507 e. The Labute approximate surface area is 168 Å². The third-order valence-corrected chi connectivity index (χ3v) is 5.11. The van der Waals surface area contributed by atoms with Crippen LogP contribution in [-0.4, -0.2) is 29.3 Å². The van der Waals surface area contributed by atoms with Gasteiger partial charge in [0.25, 0.3) is 0 Å². The van der Waals surface area contributed by atoms with E-state index in [9.17, 15) is 9.50 Å². The molecular weight excluding hydrogens is 379 g/mol. The summed E-state index contributed by atoms with van der Waals surface area (Å²) in [6.07, 6.45) is 2.18. The van der Waals surface area contributed by atoms with Crippen molar-refractivity contribution in [1.82, 2.24) is 4.98 Å². The fraction of sp³-hybridized carbons (Fsp3) is 0.227. The van der Waals surface area contributed by atoms with Gasteiger partial charge in [-0.2, -0.15) is 0 Å². The molecule has 3 aromatic rings. The molecule has 0 spiro atoms. The monoisotopic (exact) mass is 398 g/mol. The molecule has 2 heterocycles. The summed E-state index contributed by atoms with van der Waals surface area (Å²) in [7, 11) is 0. The first-order valence-electron chi connectivity index (χ1n) is 9.22. The first-order valence-corrected chi connectivity index (χ1v) is 9.60. The molecule has 2 aromatic carbocycles. The molecule has 0 saturated carbocycles. The maximum absolute atomic E-state index is 14.5. The first-order chi connectivity index (χ1) is 13.6. The summed E-state index contributed by atoms with van der Waals surface area (Å²) in [5.74, 6) is 0.273. The van der Waals surface area contributed by atoms with Crippen molar-refractivity contribution in [3.8, 4) is 28.1 Å². The van der Waals surface area contributed by atoms with Crippen molar-refractivity contribution in [3.05, 3.63) is 65.4 Å². The van der Waals surface area contributed by atoms with Crippen LogP contribution >= 0.6 is 11.6 Å². The predicted octanol–water partition coefficient (Wildman–Crippen LogP) is 5.50. The minimum atomic E-state index is -0.410. The highest BCUT2D eigenvalue weighted by molar-refractivity contribution is 6.33. The highest BCUT2D eigenvalue weighted by Crippen LogP contribution is 2.36. The zero-order valence-electron chi connectivity index (χ0n) is 15.2. The van der Waals surface area contributed by atoms with Crippen LogP contribution in [0.4, 0.5) is 10.2 Å². The number of hydrogen-bond acceptors (Lipinski definition) is 4. The van der Waals surface area contributed by atoms with Gasteiger partial charge in [-0.05, 0) is 54.8 Å². The van der Waals surface area contributed by atoms with E-state index < -0.39 is 5.82 Å². The maximum atomic E-state index is 14.5. The Morgan fingerprint density at radius 1 is 1.18 bits per heavy atom. The number of benzene rings is 2. The molecule has 1 saturated heterocycles.